The van der Waals surface area contributed by atoms with Gasteiger partial charge in [-0.25, -0.2) is 4.79 Å². The fraction of sp³-hybridized carbons (Fsp3) is 0.321. The lowest BCUT2D eigenvalue weighted by Crippen LogP contribution is -2.37. The number of aryl methyl sites for hydroxylation is 2. The van der Waals surface area contributed by atoms with E-state index in [2.05, 4.69) is 40.6 Å². The Morgan fingerprint density at radius 3 is 2.57 bits per heavy atom. The van der Waals surface area contributed by atoms with Crippen molar-refractivity contribution in [3.8, 4) is 0 Å². The smallest absolute Gasteiger partial charge is 0.329 e. The van der Waals surface area contributed by atoms with E-state index < -0.39 is 5.69 Å². The molecular formula is C28H30N4O3. The van der Waals surface area contributed by atoms with Crippen LogP contribution in [-0.2, 0) is 24.2 Å². The highest BCUT2D eigenvalue weighted by atomic mass is 16.2. The zero-order chi connectivity index (χ0) is 24.2. The summed E-state index contributed by atoms with van der Waals surface area (Å²) in [5.74, 6) is 0.423. The minimum atomic E-state index is -0.470. The van der Waals surface area contributed by atoms with Crippen molar-refractivity contribution in [2.75, 3.05) is 18.4 Å². The van der Waals surface area contributed by atoms with Crippen molar-refractivity contribution >= 4 is 23.0 Å². The van der Waals surface area contributed by atoms with Crippen molar-refractivity contribution in [2.45, 2.75) is 45.1 Å². The first-order chi connectivity index (χ1) is 17.1. The second kappa shape index (κ2) is 10.2. The molecule has 0 saturated heterocycles. The number of hydrogen-bond acceptors (Lipinski definition) is 4. The van der Waals surface area contributed by atoms with E-state index in [9.17, 15) is 14.4 Å². The number of H-pyrrole nitrogens is 1. The largest absolute Gasteiger partial charge is 0.342 e. The van der Waals surface area contributed by atoms with Gasteiger partial charge in [-0.05, 0) is 66.5 Å². The molecule has 7 heteroatoms. The van der Waals surface area contributed by atoms with E-state index in [0.29, 0.717) is 31.7 Å². The molecule has 7 nitrogen and oxygen atoms in total. The molecule has 2 heterocycles. The topological polar surface area (TPSA) is 87.2 Å². The van der Waals surface area contributed by atoms with E-state index >= 15 is 0 Å². The number of hydrogen-bond donors (Lipinski definition) is 2. The summed E-state index contributed by atoms with van der Waals surface area (Å²) >= 11 is 0. The fourth-order valence-electron chi connectivity index (χ4n) is 4.96. The van der Waals surface area contributed by atoms with Crippen LogP contribution in [0.1, 0.15) is 42.4 Å². The first-order valence-corrected chi connectivity index (χ1v) is 12.3. The lowest BCUT2D eigenvalue weighted by molar-refractivity contribution is -0.130. The van der Waals surface area contributed by atoms with E-state index in [1.165, 1.54) is 28.3 Å². The Kier molecular flexibility index (Phi) is 6.66. The molecule has 5 rings (SSSR count). The van der Waals surface area contributed by atoms with E-state index in [1.54, 1.807) is 0 Å². The van der Waals surface area contributed by atoms with Crippen molar-refractivity contribution < 1.29 is 4.79 Å². The minimum absolute atomic E-state index is 0.0488. The first-order valence-electron chi connectivity index (χ1n) is 12.3. The summed E-state index contributed by atoms with van der Waals surface area (Å²) in [6.45, 7) is 1.48. The van der Waals surface area contributed by atoms with E-state index in [0.717, 1.165) is 35.9 Å². The zero-order valence-corrected chi connectivity index (χ0v) is 19.8. The number of fused-ring (bicyclic) bond motifs is 1. The van der Waals surface area contributed by atoms with Gasteiger partial charge in [0, 0.05) is 37.8 Å². The molecule has 2 aromatic carbocycles. The van der Waals surface area contributed by atoms with Crippen LogP contribution in [0.15, 0.2) is 70.3 Å². The molecule has 35 heavy (non-hydrogen) atoms. The van der Waals surface area contributed by atoms with Gasteiger partial charge < -0.3 is 10.2 Å². The molecule has 0 bridgehead atoms. The molecule has 0 spiro atoms. The summed E-state index contributed by atoms with van der Waals surface area (Å²) in [5.41, 5.74) is 5.16. The third-order valence-electron chi connectivity index (χ3n) is 6.88. The Hall–Kier alpha value is -3.87. The maximum Gasteiger partial charge on any atom is 0.329 e. The maximum absolute atomic E-state index is 12.7. The van der Waals surface area contributed by atoms with Crippen LogP contribution in [-0.4, -0.2) is 33.4 Å². The van der Waals surface area contributed by atoms with Crippen LogP contribution < -0.4 is 16.6 Å². The van der Waals surface area contributed by atoms with E-state index in [1.807, 2.05) is 29.2 Å². The molecular weight excluding hydrogens is 440 g/mol. The average molecular weight is 471 g/mol. The van der Waals surface area contributed by atoms with Crippen LogP contribution in [0.3, 0.4) is 0 Å². The van der Waals surface area contributed by atoms with Crippen molar-refractivity contribution in [3.63, 3.8) is 0 Å². The van der Waals surface area contributed by atoms with Gasteiger partial charge in [0.15, 0.2) is 0 Å². The van der Waals surface area contributed by atoms with Crippen molar-refractivity contribution in [2.24, 2.45) is 0 Å². The van der Waals surface area contributed by atoms with E-state index in [4.69, 9.17) is 0 Å². The highest BCUT2D eigenvalue weighted by molar-refractivity contribution is 5.78. The molecule has 0 saturated carbocycles. The van der Waals surface area contributed by atoms with Gasteiger partial charge in [-0.15, -0.1) is 0 Å². The number of amides is 1. The highest BCUT2D eigenvalue weighted by Gasteiger charge is 2.18. The molecule has 2 aliphatic rings. The Labute approximate surface area is 204 Å². The molecule has 1 amide bonds. The summed E-state index contributed by atoms with van der Waals surface area (Å²) in [7, 11) is 0. The first kappa shape index (κ1) is 22.9. The van der Waals surface area contributed by atoms with Crippen molar-refractivity contribution in [1.29, 1.82) is 0 Å². The number of anilines is 2. The molecule has 0 atom stereocenters. The number of nitrogens with one attached hydrogen (secondary N) is 2. The molecule has 1 aliphatic heterocycles. The summed E-state index contributed by atoms with van der Waals surface area (Å²) < 4.78 is 1.16. The number of aromatic nitrogens is 2. The molecule has 0 unspecified atom stereocenters. The summed E-state index contributed by atoms with van der Waals surface area (Å²) in [6.07, 6.45) is 7.00. The van der Waals surface area contributed by atoms with Gasteiger partial charge in [0.1, 0.15) is 5.82 Å². The standard InChI is InChI=1S/C28H30N4O3/c33-26(31-16-13-22(14-17-31)20-6-2-1-3-7-20)10-5-15-32-27(34)19-25(30-28(32)35)29-24-12-11-21-8-4-9-23(21)18-24/h1-3,6-7,11-13,18-19,29H,4-5,8-10,14-17H2,(H,30,35). The monoisotopic (exact) mass is 470 g/mol. The van der Waals surface area contributed by atoms with Gasteiger partial charge in [0.05, 0.1) is 0 Å². The molecule has 0 radical (unpaired) electrons. The van der Waals surface area contributed by atoms with Gasteiger partial charge in [-0.2, -0.15) is 0 Å². The van der Waals surface area contributed by atoms with E-state index in [-0.39, 0.29) is 18.0 Å². The third-order valence-corrected chi connectivity index (χ3v) is 6.88. The third kappa shape index (κ3) is 5.29. The summed E-state index contributed by atoms with van der Waals surface area (Å²) in [4.78, 5) is 42.4. The predicted octanol–water partition coefficient (Wildman–Crippen LogP) is 3.87. The molecule has 3 aromatic rings. The number of benzene rings is 2. The van der Waals surface area contributed by atoms with Gasteiger partial charge >= 0.3 is 5.69 Å². The number of rotatable bonds is 7. The Morgan fingerprint density at radius 1 is 0.971 bits per heavy atom. The van der Waals surface area contributed by atoms with Crippen LogP contribution in [0.5, 0.6) is 0 Å². The molecule has 2 N–H and O–H groups in total. The zero-order valence-electron chi connectivity index (χ0n) is 19.8. The quantitative estimate of drug-likeness (QED) is 0.549. The minimum Gasteiger partial charge on any atom is -0.342 e. The Balaban J connectivity index is 1.15. The van der Waals surface area contributed by atoms with Crippen LogP contribution in [0.25, 0.3) is 5.57 Å². The number of carbonyl (C=O) groups is 1. The lowest BCUT2D eigenvalue weighted by Gasteiger charge is -2.26. The maximum atomic E-state index is 12.7. The normalized spacial score (nSPS) is 15.0. The van der Waals surface area contributed by atoms with Gasteiger partial charge in [0.2, 0.25) is 5.91 Å². The van der Waals surface area contributed by atoms with Crippen molar-refractivity contribution in [3.05, 3.63) is 98.2 Å². The highest BCUT2D eigenvalue weighted by Crippen LogP contribution is 2.26. The summed E-state index contributed by atoms with van der Waals surface area (Å²) in [5, 5.41) is 3.14. The van der Waals surface area contributed by atoms with Gasteiger partial charge in [0.25, 0.3) is 5.56 Å². The van der Waals surface area contributed by atoms with Crippen LogP contribution in [0.4, 0.5) is 11.5 Å². The van der Waals surface area contributed by atoms with Gasteiger partial charge in [-0.1, -0.05) is 42.5 Å². The van der Waals surface area contributed by atoms with Gasteiger partial charge in [-0.3, -0.25) is 19.1 Å². The Morgan fingerprint density at radius 2 is 1.80 bits per heavy atom. The second-order valence-corrected chi connectivity index (χ2v) is 9.23. The number of nitrogens with zero attached hydrogens (tertiary/aromatic N) is 2. The van der Waals surface area contributed by atoms with Crippen molar-refractivity contribution in [1.82, 2.24) is 14.5 Å². The second-order valence-electron chi connectivity index (χ2n) is 9.23. The van der Waals surface area contributed by atoms with Crippen LogP contribution >= 0.6 is 0 Å². The molecule has 1 aromatic heterocycles. The SMILES string of the molecule is O=C(CCCn1c(=O)cc(Nc2ccc3c(c2)CCC3)[nH]c1=O)N1CC=C(c2ccccc2)CC1. The van der Waals surface area contributed by atoms with Crippen LogP contribution in [0, 0.1) is 0 Å². The molecule has 1 aliphatic carbocycles. The predicted molar refractivity (Wildman–Crippen MR) is 138 cm³/mol. The lowest BCUT2D eigenvalue weighted by atomic mass is 9.99. The molecule has 0 fully saturated rings. The Bertz CT molecular complexity index is 1340. The van der Waals surface area contributed by atoms with Crippen LogP contribution in [0.2, 0.25) is 0 Å². The number of carbonyl (C=O) groups excluding carboxylic acids is 1. The number of aromatic amines is 1. The molecule has 180 valence electrons. The fourth-order valence-corrected chi connectivity index (χ4v) is 4.96. The average Bonchev–Trinajstić information content (AvgIpc) is 3.34. The summed E-state index contributed by atoms with van der Waals surface area (Å²) in [6, 6.07) is 17.8.